The lowest BCUT2D eigenvalue weighted by Gasteiger charge is -2.12. The number of aromatic nitrogens is 3. The zero-order valence-corrected chi connectivity index (χ0v) is 18.7. The van der Waals surface area contributed by atoms with Gasteiger partial charge in [-0.25, -0.2) is 0 Å². The summed E-state index contributed by atoms with van der Waals surface area (Å²) in [4.78, 5) is 12.2. The monoisotopic (exact) mass is 440 g/mol. The van der Waals surface area contributed by atoms with E-state index in [9.17, 15) is 4.79 Å². The molecule has 0 atom stereocenters. The molecule has 0 aliphatic carbocycles. The second-order valence-electron chi connectivity index (χ2n) is 6.81. The van der Waals surface area contributed by atoms with Gasteiger partial charge in [-0.1, -0.05) is 42.1 Å². The zero-order chi connectivity index (χ0) is 21.9. The van der Waals surface area contributed by atoms with Crippen molar-refractivity contribution in [3.05, 3.63) is 66.0 Å². The topological polar surface area (TPSA) is 78.3 Å². The third-order valence-corrected chi connectivity index (χ3v) is 5.42. The molecule has 2 aromatic carbocycles. The van der Waals surface area contributed by atoms with Crippen LogP contribution in [0.25, 0.3) is 5.69 Å². The maximum absolute atomic E-state index is 12.2. The van der Waals surface area contributed by atoms with Gasteiger partial charge in [0.15, 0.2) is 5.16 Å². The van der Waals surface area contributed by atoms with Crippen molar-refractivity contribution in [3.8, 4) is 11.4 Å². The molecule has 0 bridgehead atoms. The Labute approximate surface area is 187 Å². The van der Waals surface area contributed by atoms with E-state index in [0.29, 0.717) is 31.3 Å². The van der Waals surface area contributed by atoms with Crippen molar-refractivity contribution in [1.29, 1.82) is 0 Å². The van der Waals surface area contributed by atoms with Crippen molar-refractivity contribution in [1.82, 2.24) is 20.1 Å². The number of hydrogen-bond donors (Lipinski definition) is 1. The molecular weight excluding hydrogens is 412 g/mol. The van der Waals surface area contributed by atoms with Crippen molar-refractivity contribution < 1.29 is 14.3 Å². The van der Waals surface area contributed by atoms with E-state index in [1.54, 1.807) is 7.11 Å². The molecule has 0 saturated heterocycles. The first kappa shape index (κ1) is 22.8. The average Bonchev–Trinajstić information content (AvgIpc) is 3.19. The second kappa shape index (κ2) is 12.1. The standard InChI is InChI=1S/C23H28N4O3S/c1-3-30-20-12-10-19(11-13-20)27-21(16-18-8-5-4-6-9-18)25-26-23(27)31-17-22(28)24-14-7-15-29-2/h4-6,8-13H,3,7,14-17H2,1-2H3,(H,24,28). The van der Waals surface area contributed by atoms with E-state index in [2.05, 4.69) is 27.6 Å². The summed E-state index contributed by atoms with van der Waals surface area (Å²) in [7, 11) is 1.65. The molecule has 3 aromatic rings. The first-order valence-electron chi connectivity index (χ1n) is 10.3. The molecule has 3 rings (SSSR count). The lowest BCUT2D eigenvalue weighted by Crippen LogP contribution is -2.27. The minimum atomic E-state index is -0.0352. The molecule has 1 aromatic heterocycles. The molecule has 0 aliphatic rings. The minimum absolute atomic E-state index is 0.0352. The number of nitrogens with one attached hydrogen (secondary N) is 1. The number of carbonyl (C=O) groups is 1. The summed E-state index contributed by atoms with van der Waals surface area (Å²) in [6.45, 7) is 3.80. The van der Waals surface area contributed by atoms with Gasteiger partial charge in [0.1, 0.15) is 11.6 Å². The first-order chi connectivity index (χ1) is 15.2. The third kappa shape index (κ3) is 6.83. The molecule has 0 spiro atoms. The number of hydrogen-bond acceptors (Lipinski definition) is 6. The van der Waals surface area contributed by atoms with E-state index in [1.165, 1.54) is 11.8 Å². The van der Waals surface area contributed by atoms with Crippen LogP contribution in [0.1, 0.15) is 24.7 Å². The van der Waals surface area contributed by atoms with E-state index < -0.39 is 0 Å². The van der Waals surface area contributed by atoms with Crippen molar-refractivity contribution in [3.63, 3.8) is 0 Å². The third-order valence-electron chi connectivity index (χ3n) is 4.49. The summed E-state index contributed by atoms with van der Waals surface area (Å²) in [5.41, 5.74) is 2.08. The summed E-state index contributed by atoms with van der Waals surface area (Å²) in [6.07, 6.45) is 1.43. The molecule has 0 aliphatic heterocycles. The van der Waals surface area contributed by atoms with Crippen LogP contribution >= 0.6 is 11.8 Å². The summed E-state index contributed by atoms with van der Waals surface area (Å²) in [5.74, 6) is 1.87. The van der Waals surface area contributed by atoms with E-state index in [1.807, 2.05) is 54.0 Å². The van der Waals surface area contributed by atoms with Gasteiger partial charge in [0, 0.05) is 32.4 Å². The smallest absolute Gasteiger partial charge is 0.230 e. The number of benzene rings is 2. The second-order valence-corrected chi connectivity index (χ2v) is 7.75. The van der Waals surface area contributed by atoms with Crippen molar-refractivity contribution in [2.75, 3.05) is 32.6 Å². The van der Waals surface area contributed by atoms with Crippen LogP contribution in [-0.4, -0.2) is 53.3 Å². The van der Waals surface area contributed by atoms with E-state index in [4.69, 9.17) is 9.47 Å². The molecule has 31 heavy (non-hydrogen) atoms. The highest BCUT2D eigenvalue weighted by molar-refractivity contribution is 7.99. The molecule has 8 heteroatoms. The Kier molecular flexibility index (Phi) is 8.93. The van der Waals surface area contributed by atoms with Gasteiger partial charge in [-0.15, -0.1) is 10.2 Å². The number of thioether (sulfide) groups is 1. The Balaban J connectivity index is 1.77. The fourth-order valence-corrected chi connectivity index (χ4v) is 3.83. The number of rotatable bonds is 12. The molecule has 0 saturated carbocycles. The Morgan fingerprint density at radius 3 is 2.58 bits per heavy atom. The minimum Gasteiger partial charge on any atom is -0.494 e. The molecule has 0 fully saturated rings. The fourth-order valence-electron chi connectivity index (χ4n) is 3.03. The molecule has 1 heterocycles. The highest BCUT2D eigenvalue weighted by Gasteiger charge is 2.16. The van der Waals surface area contributed by atoms with Crippen LogP contribution in [0.5, 0.6) is 5.75 Å². The predicted octanol–water partition coefficient (Wildman–Crippen LogP) is 3.50. The summed E-state index contributed by atoms with van der Waals surface area (Å²) >= 11 is 1.37. The lowest BCUT2D eigenvalue weighted by atomic mass is 10.1. The fraction of sp³-hybridized carbons (Fsp3) is 0.348. The van der Waals surface area contributed by atoms with Crippen molar-refractivity contribution in [2.24, 2.45) is 0 Å². The molecule has 7 nitrogen and oxygen atoms in total. The van der Waals surface area contributed by atoms with Crippen LogP contribution in [0.2, 0.25) is 0 Å². The summed E-state index contributed by atoms with van der Waals surface area (Å²) in [5, 5.41) is 12.4. The van der Waals surface area contributed by atoms with Gasteiger partial charge in [0.25, 0.3) is 0 Å². The molecule has 1 N–H and O–H groups in total. The van der Waals surface area contributed by atoms with Gasteiger partial charge in [-0.3, -0.25) is 9.36 Å². The molecule has 1 amide bonds. The van der Waals surface area contributed by atoms with Crippen LogP contribution in [0, 0.1) is 0 Å². The maximum Gasteiger partial charge on any atom is 0.230 e. The zero-order valence-electron chi connectivity index (χ0n) is 17.9. The van der Waals surface area contributed by atoms with Crippen LogP contribution in [0.4, 0.5) is 0 Å². The molecular formula is C23H28N4O3S. The van der Waals surface area contributed by atoms with Crippen LogP contribution < -0.4 is 10.1 Å². The van der Waals surface area contributed by atoms with Crippen LogP contribution in [0.15, 0.2) is 59.8 Å². The number of methoxy groups -OCH3 is 1. The molecule has 164 valence electrons. The van der Waals surface area contributed by atoms with Gasteiger partial charge >= 0.3 is 0 Å². The number of amides is 1. The Bertz CT molecular complexity index is 945. The molecule has 0 radical (unpaired) electrons. The number of nitrogens with zero attached hydrogens (tertiary/aromatic N) is 3. The van der Waals surface area contributed by atoms with Gasteiger partial charge in [-0.05, 0) is 43.2 Å². The number of carbonyl (C=O) groups excluding carboxylic acids is 1. The first-order valence-corrected chi connectivity index (χ1v) is 11.3. The van der Waals surface area contributed by atoms with Gasteiger partial charge in [0.05, 0.1) is 12.4 Å². The lowest BCUT2D eigenvalue weighted by molar-refractivity contribution is -0.118. The largest absolute Gasteiger partial charge is 0.494 e. The van der Waals surface area contributed by atoms with E-state index >= 15 is 0 Å². The summed E-state index contributed by atoms with van der Waals surface area (Å²) in [6, 6.07) is 18.0. The molecule has 0 unspecified atom stereocenters. The Hall–Kier alpha value is -2.84. The van der Waals surface area contributed by atoms with Crippen molar-refractivity contribution >= 4 is 17.7 Å². The Morgan fingerprint density at radius 2 is 1.87 bits per heavy atom. The van der Waals surface area contributed by atoms with Crippen LogP contribution in [0.3, 0.4) is 0 Å². The predicted molar refractivity (Wildman–Crippen MR) is 122 cm³/mol. The number of ether oxygens (including phenoxy) is 2. The summed E-state index contributed by atoms with van der Waals surface area (Å²) < 4.78 is 12.6. The van der Waals surface area contributed by atoms with E-state index in [0.717, 1.165) is 29.2 Å². The van der Waals surface area contributed by atoms with Crippen LogP contribution in [-0.2, 0) is 16.0 Å². The SMILES string of the molecule is CCOc1ccc(-n2c(Cc3ccccc3)nnc2SCC(=O)NCCCOC)cc1. The van der Waals surface area contributed by atoms with Crippen molar-refractivity contribution in [2.45, 2.75) is 24.9 Å². The van der Waals surface area contributed by atoms with Gasteiger partial charge in [0.2, 0.25) is 5.91 Å². The highest BCUT2D eigenvalue weighted by atomic mass is 32.2. The average molecular weight is 441 g/mol. The van der Waals surface area contributed by atoms with Gasteiger partial charge < -0.3 is 14.8 Å². The maximum atomic E-state index is 12.2. The van der Waals surface area contributed by atoms with E-state index in [-0.39, 0.29) is 11.7 Å². The van der Waals surface area contributed by atoms with Gasteiger partial charge in [-0.2, -0.15) is 0 Å². The Morgan fingerprint density at radius 1 is 1.10 bits per heavy atom. The quantitative estimate of drug-likeness (QED) is 0.343. The normalized spacial score (nSPS) is 10.8. The highest BCUT2D eigenvalue weighted by Crippen LogP contribution is 2.25.